The first-order valence-corrected chi connectivity index (χ1v) is 13.5. The summed E-state index contributed by atoms with van der Waals surface area (Å²) in [4.78, 5) is 0. The lowest BCUT2D eigenvalue weighted by atomic mass is 10.2. The molecule has 0 saturated heterocycles. The van der Waals surface area contributed by atoms with E-state index >= 15 is 0 Å². The molecule has 1 aliphatic carbocycles. The van der Waals surface area contributed by atoms with Gasteiger partial charge in [-0.2, -0.15) is 8.42 Å². The quantitative estimate of drug-likeness (QED) is 0.488. The van der Waals surface area contributed by atoms with E-state index in [2.05, 4.69) is 69.3 Å². The van der Waals surface area contributed by atoms with Gasteiger partial charge in [0.1, 0.15) is 0 Å². The highest BCUT2D eigenvalue weighted by Crippen LogP contribution is 2.42. The second kappa shape index (κ2) is 8.11. The summed E-state index contributed by atoms with van der Waals surface area (Å²) < 4.78 is 34.4. The Bertz CT molecular complexity index is 836. The first-order valence-electron chi connectivity index (χ1n) is 9.73. The summed E-state index contributed by atoms with van der Waals surface area (Å²) in [6, 6.07) is 21.1. The Kier molecular flexibility index (Phi) is 6.15. The number of hydrogen-bond acceptors (Lipinski definition) is 4. The van der Waals surface area contributed by atoms with Gasteiger partial charge < -0.3 is 4.43 Å². The molecule has 2 atom stereocenters. The zero-order valence-corrected chi connectivity index (χ0v) is 18.9. The number of rotatable bonds is 8. The van der Waals surface area contributed by atoms with Gasteiger partial charge in [-0.25, -0.2) is 0 Å². The third-order valence-corrected chi connectivity index (χ3v) is 11.1. The van der Waals surface area contributed by atoms with Crippen LogP contribution in [0.1, 0.15) is 27.2 Å². The maximum atomic E-state index is 11.2. The van der Waals surface area contributed by atoms with Crippen LogP contribution in [-0.2, 0) is 18.7 Å². The van der Waals surface area contributed by atoms with Gasteiger partial charge in [0.15, 0.2) is 0 Å². The molecule has 152 valence electrons. The molecule has 3 rings (SSSR count). The van der Waals surface area contributed by atoms with E-state index in [1.165, 1.54) is 10.4 Å². The van der Waals surface area contributed by atoms with Crippen molar-refractivity contribution in [2.24, 2.45) is 11.8 Å². The molecular weight excluding hydrogens is 388 g/mol. The molecule has 1 fully saturated rings. The van der Waals surface area contributed by atoms with Crippen molar-refractivity contribution in [3.63, 3.8) is 0 Å². The van der Waals surface area contributed by atoms with Crippen LogP contribution in [-0.4, -0.2) is 36.2 Å². The van der Waals surface area contributed by atoms with Crippen LogP contribution in [0.5, 0.6) is 0 Å². The molecule has 0 unspecified atom stereocenters. The predicted octanol–water partition coefficient (Wildman–Crippen LogP) is 3.18. The Morgan fingerprint density at radius 1 is 0.893 bits per heavy atom. The third-order valence-electron chi connectivity index (χ3n) is 5.50. The highest BCUT2D eigenvalue weighted by molar-refractivity contribution is 7.85. The molecule has 0 aliphatic heterocycles. The fourth-order valence-corrected chi connectivity index (χ4v) is 8.96. The van der Waals surface area contributed by atoms with Crippen molar-refractivity contribution in [1.29, 1.82) is 0 Å². The van der Waals surface area contributed by atoms with E-state index in [9.17, 15) is 8.42 Å². The minimum absolute atomic E-state index is 0.0522. The van der Waals surface area contributed by atoms with E-state index in [0.717, 1.165) is 12.7 Å². The van der Waals surface area contributed by atoms with Gasteiger partial charge in [0.2, 0.25) is 0 Å². The Morgan fingerprint density at radius 3 is 1.79 bits per heavy atom. The Balaban J connectivity index is 1.86. The zero-order valence-electron chi connectivity index (χ0n) is 17.1. The second-order valence-electron chi connectivity index (χ2n) is 8.72. The Hall–Kier alpha value is -1.47. The lowest BCUT2D eigenvalue weighted by Crippen LogP contribution is -2.66. The van der Waals surface area contributed by atoms with Gasteiger partial charge in [-0.3, -0.25) is 4.18 Å². The summed E-state index contributed by atoms with van der Waals surface area (Å²) in [6.45, 7) is 7.67. The van der Waals surface area contributed by atoms with Crippen LogP contribution in [0.25, 0.3) is 0 Å². The van der Waals surface area contributed by atoms with Crippen LogP contribution in [0.2, 0.25) is 5.04 Å². The molecule has 6 heteroatoms. The van der Waals surface area contributed by atoms with Crippen LogP contribution >= 0.6 is 0 Å². The standard InChI is InChI=1S/C22H30O4SSi/c1-22(2,3)28(20-11-7-5-8-12-20,21-13-9-6-10-14-21)26-17-19-15-18(19)16-25-27(4,23)24/h5-14,18-19H,15-17H2,1-4H3/t18-,19-/m0/s1. The summed E-state index contributed by atoms with van der Waals surface area (Å²) in [5, 5.41) is 2.47. The highest BCUT2D eigenvalue weighted by Gasteiger charge is 2.51. The van der Waals surface area contributed by atoms with E-state index in [1.54, 1.807) is 0 Å². The van der Waals surface area contributed by atoms with Crippen molar-refractivity contribution in [3.05, 3.63) is 60.7 Å². The summed E-state index contributed by atoms with van der Waals surface area (Å²) >= 11 is 0. The third kappa shape index (κ3) is 4.74. The topological polar surface area (TPSA) is 52.6 Å². The zero-order chi connectivity index (χ0) is 20.4. The molecule has 4 nitrogen and oxygen atoms in total. The average Bonchev–Trinajstić information content (AvgIpc) is 3.39. The van der Waals surface area contributed by atoms with Crippen LogP contribution in [0.4, 0.5) is 0 Å². The first-order chi connectivity index (χ1) is 13.1. The maximum absolute atomic E-state index is 11.2. The van der Waals surface area contributed by atoms with Crippen LogP contribution in [0, 0.1) is 11.8 Å². The number of benzene rings is 2. The van der Waals surface area contributed by atoms with Gasteiger partial charge in [-0.05, 0) is 33.7 Å². The van der Waals surface area contributed by atoms with Crippen molar-refractivity contribution in [2.45, 2.75) is 32.2 Å². The first kappa shape index (κ1) is 21.2. The summed E-state index contributed by atoms with van der Waals surface area (Å²) in [7, 11) is -5.91. The molecule has 1 saturated carbocycles. The highest BCUT2D eigenvalue weighted by atomic mass is 32.2. The largest absolute Gasteiger partial charge is 0.407 e. The lowest BCUT2D eigenvalue weighted by Gasteiger charge is -2.43. The summed E-state index contributed by atoms with van der Waals surface area (Å²) in [5.74, 6) is 0.608. The van der Waals surface area contributed by atoms with E-state index < -0.39 is 18.4 Å². The monoisotopic (exact) mass is 418 g/mol. The van der Waals surface area contributed by atoms with Crippen LogP contribution in [0.3, 0.4) is 0 Å². The molecule has 1 aliphatic rings. The Morgan fingerprint density at radius 2 is 1.36 bits per heavy atom. The van der Waals surface area contributed by atoms with Crippen LogP contribution in [0.15, 0.2) is 60.7 Å². The molecule has 0 aromatic heterocycles. The van der Waals surface area contributed by atoms with Gasteiger partial charge in [0.05, 0.1) is 12.9 Å². The second-order valence-corrected chi connectivity index (χ2v) is 14.7. The van der Waals surface area contributed by atoms with Gasteiger partial charge in [0, 0.05) is 6.61 Å². The predicted molar refractivity (Wildman–Crippen MR) is 116 cm³/mol. The number of hydrogen-bond donors (Lipinski definition) is 0. The molecule has 0 spiro atoms. The maximum Gasteiger partial charge on any atom is 0.264 e. The molecular formula is C22H30O4SSi. The summed E-state index contributed by atoms with van der Waals surface area (Å²) in [5.41, 5.74) is 0. The molecule has 28 heavy (non-hydrogen) atoms. The molecule has 0 N–H and O–H groups in total. The minimum atomic E-state index is -3.39. The van der Waals surface area contributed by atoms with E-state index in [1.807, 2.05) is 12.1 Å². The van der Waals surface area contributed by atoms with E-state index in [4.69, 9.17) is 8.61 Å². The molecule has 2 aromatic carbocycles. The fraction of sp³-hybridized carbons (Fsp3) is 0.455. The molecule has 0 radical (unpaired) electrons. The SMILES string of the molecule is CC(C)(C)[Si](OC[C@@H]1C[C@H]1COS(C)(=O)=O)(c1ccccc1)c1ccccc1. The van der Waals surface area contributed by atoms with Gasteiger partial charge in [-0.1, -0.05) is 81.4 Å². The van der Waals surface area contributed by atoms with Gasteiger partial charge in [-0.15, -0.1) is 0 Å². The van der Waals surface area contributed by atoms with Gasteiger partial charge in [0.25, 0.3) is 18.4 Å². The minimum Gasteiger partial charge on any atom is -0.407 e. The van der Waals surface area contributed by atoms with E-state index in [-0.39, 0.29) is 17.6 Å². The van der Waals surface area contributed by atoms with Crippen molar-refractivity contribution >= 4 is 28.8 Å². The van der Waals surface area contributed by atoms with Gasteiger partial charge >= 0.3 is 0 Å². The molecule has 0 amide bonds. The van der Waals surface area contributed by atoms with E-state index in [0.29, 0.717) is 12.5 Å². The molecule has 0 bridgehead atoms. The smallest absolute Gasteiger partial charge is 0.264 e. The van der Waals surface area contributed by atoms with Crippen molar-refractivity contribution in [1.82, 2.24) is 0 Å². The normalized spacial score (nSPS) is 20.1. The lowest BCUT2D eigenvalue weighted by molar-refractivity contribution is 0.250. The van der Waals surface area contributed by atoms with Crippen molar-refractivity contribution < 1.29 is 17.0 Å². The molecule has 2 aromatic rings. The molecule has 0 heterocycles. The fourth-order valence-electron chi connectivity index (χ4n) is 3.92. The Labute approximate surface area is 170 Å². The van der Waals surface area contributed by atoms with Crippen molar-refractivity contribution in [3.8, 4) is 0 Å². The van der Waals surface area contributed by atoms with Crippen LogP contribution < -0.4 is 10.4 Å². The average molecular weight is 419 g/mol. The summed E-state index contributed by atoms with van der Waals surface area (Å²) in [6.07, 6.45) is 2.05. The van der Waals surface area contributed by atoms with Crippen molar-refractivity contribution in [2.75, 3.05) is 19.5 Å².